The van der Waals surface area contributed by atoms with Gasteiger partial charge in [0.25, 0.3) is 0 Å². The third-order valence-corrected chi connectivity index (χ3v) is 2.52. The number of hydrogen-bond donors (Lipinski definition) is 2. The van der Waals surface area contributed by atoms with Gasteiger partial charge < -0.3 is 20.1 Å². The molecule has 7 nitrogen and oxygen atoms in total. The van der Waals surface area contributed by atoms with E-state index in [0.717, 1.165) is 11.4 Å². The van der Waals surface area contributed by atoms with Crippen LogP contribution in [0.4, 0.5) is 17.5 Å². The van der Waals surface area contributed by atoms with Crippen LogP contribution in [0.25, 0.3) is 0 Å². The van der Waals surface area contributed by atoms with Gasteiger partial charge in [0, 0.05) is 13.7 Å². The number of para-hydroxylation sites is 2. The van der Waals surface area contributed by atoms with Crippen molar-refractivity contribution in [2.24, 2.45) is 0 Å². The van der Waals surface area contributed by atoms with Gasteiger partial charge in [-0.25, -0.2) is 0 Å². The van der Waals surface area contributed by atoms with Crippen molar-refractivity contribution >= 4 is 17.5 Å². The molecule has 0 aliphatic heterocycles. The van der Waals surface area contributed by atoms with E-state index in [1.807, 2.05) is 24.3 Å². The van der Waals surface area contributed by atoms with Crippen molar-refractivity contribution in [1.29, 1.82) is 0 Å². The van der Waals surface area contributed by atoms with Crippen molar-refractivity contribution in [3.63, 3.8) is 0 Å². The quantitative estimate of drug-likeness (QED) is 0.744. The normalized spacial score (nSPS) is 10.1. The van der Waals surface area contributed by atoms with Crippen molar-refractivity contribution in [2.45, 2.75) is 0 Å². The minimum Gasteiger partial charge on any atom is -0.495 e. The molecule has 2 aromatic rings. The molecule has 0 spiro atoms. The lowest BCUT2D eigenvalue weighted by Crippen LogP contribution is -2.11. The second-order valence-electron chi connectivity index (χ2n) is 3.91. The predicted molar refractivity (Wildman–Crippen MR) is 76.5 cm³/mol. The van der Waals surface area contributed by atoms with E-state index in [1.165, 1.54) is 0 Å². The zero-order valence-corrected chi connectivity index (χ0v) is 11.5. The van der Waals surface area contributed by atoms with E-state index in [4.69, 9.17) is 9.47 Å². The maximum absolute atomic E-state index is 5.27. The first-order chi connectivity index (χ1) is 9.83. The molecule has 0 amide bonds. The average molecular weight is 275 g/mol. The summed E-state index contributed by atoms with van der Waals surface area (Å²) in [5.41, 5.74) is 0.818. The molecule has 20 heavy (non-hydrogen) atoms. The summed E-state index contributed by atoms with van der Waals surface area (Å²) in [4.78, 5) is 4.31. The fraction of sp³-hybridized carbons (Fsp3) is 0.308. The summed E-state index contributed by atoms with van der Waals surface area (Å²) in [6.45, 7) is 1.20. The molecule has 1 heterocycles. The summed E-state index contributed by atoms with van der Waals surface area (Å²) in [6, 6.07) is 7.59. The van der Waals surface area contributed by atoms with Crippen LogP contribution in [0.3, 0.4) is 0 Å². The van der Waals surface area contributed by atoms with Crippen molar-refractivity contribution in [3.8, 4) is 5.75 Å². The van der Waals surface area contributed by atoms with Gasteiger partial charge in [-0.2, -0.15) is 10.1 Å². The summed E-state index contributed by atoms with van der Waals surface area (Å²) in [5.74, 6) is 1.77. The Morgan fingerprint density at radius 2 is 2.05 bits per heavy atom. The number of rotatable bonds is 7. The van der Waals surface area contributed by atoms with Crippen LogP contribution in [0, 0.1) is 0 Å². The first-order valence-electron chi connectivity index (χ1n) is 6.16. The lowest BCUT2D eigenvalue weighted by Gasteiger charge is -2.10. The topological polar surface area (TPSA) is 81.2 Å². The Balaban J connectivity index is 2.07. The first-order valence-corrected chi connectivity index (χ1v) is 6.16. The number of methoxy groups -OCH3 is 2. The van der Waals surface area contributed by atoms with E-state index in [-0.39, 0.29) is 0 Å². The zero-order valence-electron chi connectivity index (χ0n) is 11.5. The van der Waals surface area contributed by atoms with Gasteiger partial charge in [-0.15, -0.1) is 5.10 Å². The molecule has 0 bridgehead atoms. The summed E-state index contributed by atoms with van der Waals surface area (Å²) >= 11 is 0. The Hall–Kier alpha value is -2.41. The highest BCUT2D eigenvalue weighted by atomic mass is 16.5. The number of aromatic nitrogens is 3. The average Bonchev–Trinajstić information content (AvgIpc) is 2.48. The minimum absolute atomic E-state index is 0.446. The van der Waals surface area contributed by atoms with Gasteiger partial charge in [0.05, 0.1) is 25.6 Å². The van der Waals surface area contributed by atoms with E-state index < -0.39 is 0 Å². The Kier molecular flexibility index (Phi) is 5.08. The molecule has 106 valence electrons. The molecule has 0 aliphatic carbocycles. The minimum atomic E-state index is 0.446. The van der Waals surface area contributed by atoms with Crippen LogP contribution in [0.1, 0.15) is 0 Å². The molecule has 0 aliphatic rings. The largest absolute Gasteiger partial charge is 0.495 e. The zero-order chi connectivity index (χ0) is 14.2. The van der Waals surface area contributed by atoms with Gasteiger partial charge >= 0.3 is 0 Å². The van der Waals surface area contributed by atoms with E-state index in [2.05, 4.69) is 25.8 Å². The maximum atomic E-state index is 5.27. The van der Waals surface area contributed by atoms with Crippen LogP contribution in [0.5, 0.6) is 5.75 Å². The van der Waals surface area contributed by atoms with Crippen molar-refractivity contribution in [3.05, 3.63) is 30.5 Å². The number of nitrogens with one attached hydrogen (secondary N) is 2. The second-order valence-corrected chi connectivity index (χ2v) is 3.91. The van der Waals surface area contributed by atoms with E-state index in [0.29, 0.717) is 24.9 Å². The summed E-state index contributed by atoms with van der Waals surface area (Å²) in [5, 5.41) is 14.0. The first kappa shape index (κ1) is 14.0. The van der Waals surface area contributed by atoms with Crippen LogP contribution in [0.2, 0.25) is 0 Å². The van der Waals surface area contributed by atoms with E-state index in [1.54, 1.807) is 20.4 Å². The van der Waals surface area contributed by atoms with Gasteiger partial charge in [0.15, 0.2) is 5.82 Å². The molecule has 0 radical (unpaired) electrons. The van der Waals surface area contributed by atoms with Crippen LogP contribution in [0.15, 0.2) is 30.5 Å². The van der Waals surface area contributed by atoms with E-state index in [9.17, 15) is 0 Å². The molecule has 0 unspecified atom stereocenters. The molecule has 0 fully saturated rings. The number of nitrogens with zero attached hydrogens (tertiary/aromatic N) is 3. The second kappa shape index (κ2) is 7.25. The van der Waals surface area contributed by atoms with Crippen LogP contribution in [-0.4, -0.2) is 42.6 Å². The monoisotopic (exact) mass is 275 g/mol. The van der Waals surface area contributed by atoms with Gasteiger partial charge in [0.2, 0.25) is 5.95 Å². The molecular formula is C13H17N5O2. The predicted octanol–water partition coefficient (Wildman–Crippen LogP) is 1.68. The van der Waals surface area contributed by atoms with Crippen LogP contribution >= 0.6 is 0 Å². The Bertz CT molecular complexity index is 550. The molecular weight excluding hydrogens is 258 g/mol. The van der Waals surface area contributed by atoms with Crippen LogP contribution < -0.4 is 15.4 Å². The Labute approximate surface area is 117 Å². The van der Waals surface area contributed by atoms with Gasteiger partial charge in [-0.3, -0.25) is 0 Å². The lowest BCUT2D eigenvalue weighted by molar-refractivity contribution is 0.210. The van der Waals surface area contributed by atoms with Gasteiger partial charge in [0.1, 0.15) is 5.75 Å². The number of benzene rings is 1. The number of hydrogen-bond acceptors (Lipinski definition) is 7. The highest BCUT2D eigenvalue weighted by molar-refractivity contribution is 5.63. The standard InChI is InChI=1S/C13H17N5O2/c1-19-8-7-14-13-17-12(9-15-18-13)16-10-5-3-4-6-11(10)20-2/h3-6,9H,7-8H2,1-2H3,(H2,14,16,17,18). The van der Waals surface area contributed by atoms with Crippen molar-refractivity contribution < 1.29 is 9.47 Å². The van der Waals surface area contributed by atoms with Crippen molar-refractivity contribution in [2.75, 3.05) is 38.0 Å². The summed E-state index contributed by atoms with van der Waals surface area (Å²) < 4.78 is 10.2. The number of ether oxygens (including phenoxy) is 2. The SMILES string of the molecule is COCCNc1nncc(Nc2ccccc2OC)n1. The molecule has 7 heteroatoms. The van der Waals surface area contributed by atoms with Crippen LogP contribution in [-0.2, 0) is 4.74 Å². The van der Waals surface area contributed by atoms with Gasteiger partial charge in [-0.1, -0.05) is 12.1 Å². The third kappa shape index (κ3) is 3.79. The lowest BCUT2D eigenvalue weighted by atomic mass is 10.3. The summed E-state index contributed by atoms with van der Waals surface area (Å²) in [7, 11) is 3.26. The molecule has 0 saturated carbocycles. The highest BCUT2D eigenvalue weighted by Gasteiger charge is 2.04. The molecule has 2 rings (SSSR count). The Morgan fingerprint density at radius 3 is 2.85 bits per heavy atom. The molecule has 2 N–H and O–H groups in total. The molecule has 1 aromatic carbocycles. The number of anilines is 3. The smallest absolute Gasteiger partial charge is 0.244 e. The fourth-order valence-corrected chi connectivity index (χ4v) is 1.59. The highest BCUT2D eigenvalue weighted by Crippen LogP contribution is 2.25. The van der Waals surface area contributed by atoms with E-state index >= 15 is 0 Å². The molecule has 1 aromatic heterocycles. The molecule has 0 atom stereocenters. The summed E-state index contributed by atoms with van der Waals surface area (Å²) in [6.07, 6.45) is 1.55. The van der Waals surface area contributed by atoms with Crippen molar-refractivity contribution in [1.82, 2.24) is 15.2 Å². The molecule has 0 saturated heterocycles. The fourth-order valence-electron chi connectivity index (χ4n) is 1.59. The Morgan fingerprint density at radius 1 is 1.20 bits per heavy atom. The maximum Gasteiger partial charge on any atom is 0.244 e. The van der Waals surface area contributed by atoms with Gasteiger partial charge in [-0.05, 0) is 12.1 Å². The third-order valence-electron chi connectivity index (χ3n) is 2.52.